The zero-order valence-corrected chi connectivity index (χ0v) is 31.4. The first-order valence-corrected chi connectivity index (χ1v) is 20.0. The highest BCUT2D eigenvalue weighted by Gasteiger charge is 2.17. The first kappa shape index (κ1) is 32.4. The van der Waals surface area contributed by atoms with E-state index in [1.807, 2.05) is 11.3 Å². The van der Waals surface area contributed by atoms with Crippen LogP contribution in [0.15, 0.2) is 212 Å². The molecule has 56 heavy (non-hydrogen) atoms. The lowest BCUT2D eigenvalue weighted by Crippen LogP contribution is -2.09. The number of hydrogen-bond acceptors (Lipinski definition) is 2. The molecule has 0 aliphatic carbocycles. The molecule has 0 fully saturated rings. The Morgan fingerprint density at radius 2 is 0.804 bits per heavy atom. The summed E-state index contributed by atoms with van der Waals surface area (Å²) in [6.45, 7) is 0. The van der Waals surface area contributed by atoms with Gasteiger partial charge in [0.2, 0.25) is 0 Å². The highest BCUT2D eigenvalue weighted by Crippen LogP contribution is 2.43. The molecule has 262 valence electrons. The molecule has 0 bridgehead atoms. The maximum absolute atomic E-state index is 2.37. The fourth-order valence-corrected chi connectivity index (χ4v) is 9.73. The Bertz CT molecular complexity index is 3210. The Hall–Kier alpha value is -7.00. The van der Waals surface area contributed by atoms with Crippen molar-refractivity contribution < 1.29 is 0 Å². The van der Waals surface area contributed by atoms with Gasteiger partial charge in [0.25, 0.3) is 0 Å². The number of anilines is 3. The van der Waals surface area contributed by atoms with Crippen LogP contribution in [0.1, 0.15) is 0 Å². The van der Waals surface area contributed by atoms with Gasteiger partial charge in [-0.25, -0.2) is 0 Å². The SMILES string of the molecule is c1ccc(-c2ccc(N(c3ccc(-c4cc5ccc6ccccc6c5c5ccccc45)cc3)c3ccc(-c4cccc5sc6ccccc6c45)cc3)cc2)cc1. The van der Waals surface area contributed by atoms with Gasteiger partial charge in [-0.05, 0) is 120 Å². The minimum absolute atomic E-state index is 1.11. The fourth-order valence-electron chi connectivity index (χ4n) is 8.59. The standard InChI is InChI=1S/C54H35NS/c1-2-11-36(12-3-1)37-23-29-42(30-24-37)55(43-31-25-39(26-32-43)46-18-10-20-52-54(46)49-17-8-9-19-51(49)56-52)44-33-27-40(28-34-44)50-35-41-22-21-38-13-4-5-14-45(38)53(41)48-16-7-6-15-47(48)50/h1-35H. The molecule has 0 amide bonds. The molecule has 0 aliphatic heterocycles. The Kier molecular flexibility index (Phi) is 7.75. The van der Waals surface area contributed by atoms with Crippen molar-refractivity contribution in [2.75, 3.05) is 4.90 Å². The molecule has 0 saturated carbocycles. The predicted molar refractivity (Wildman–Crippen MR) is 243 cm³/mol. The minimum Gasteiger partial charge on any atom is -0.311 e. The van der Waals surface area contributed by atoms with E-state index in [-0.39, 0.29) is 0 Å². The monoisotopic (exact) mass is 729 g/mol. The summed E-state index contributed by atoms with van der Waals surface area (Å²) in [6, 6.07) is 77.6. The van der Waals surface area contributed by atoms with Crippen LogP contribution < -0.4 is 4.90 Å². The second kappa shape index (κ2) is 13.4. The van der Waals surface area contributed by atoms with E-state index in [2.05, 4.69) is 217 Å². The summed E-state index contributed by atoms with van der Waals surface area (Å²) in [5.41, 5.74) is 10.7. The van der Waals surface area contributed by atoms with E-state index in [1.54, 1.807) is 0 Å². The van der Waals surface area contributed by atoms with Crippen LogP contribution in [0.5, 0.6) is 0 Å². The average Bonchev–Trinajstić information content (AvgIpc) is 3.66. The molecular weight excluding hydrogens is 695 g/mol. The lowest BCUT2D eigenvalue weighted by Gasteiger charge is -2.26. The molecule has 1 heterocycles. The van der Waals surface area contributed by atoms with Crippen LogP contribution in [-0.4, -0.2) is 0 Å². The number of hydrogen-bond donors (Lipinski definition) is 0. The average molecular weight is 730 g/mol. The molecule has 1 nitrogen and oxygen atoms in total. The molecule has 11 aromatic rings. The first-order chi connectivity index (χ1) is 27.8. The van der Waals surface area contributed by atoms with Gasteiger partial charge >= 0.3 is 0 Å². The Labute approximate surface area is 330 Å². The minimum atomic E-state index is 1.11. The van der Waals surface area contributed by atoms with Crippen LogP contribution in [-0.2, 0) is 0 Å². The molecule has 0 saturated heterocycles. The predicted octanol–water partition coefficient (Wildman–Crippen LogP) is 16.0. The Morgan fingerprint density at radius 1 is 0.286 bits per heavy atom. The van der Waals surface area contributed by atoms with Crippen molar-refractivity contribution in [3.05, 3.63) is 212 Å². The Morgan fingerprint density at radius 3 is 1.52 bits per heavy atom. The molecule has 2 heteroatoms. The molecule has 0 radical (unpaired) electrons. The van der Waals surface area contributed by atoms with E-state index in [4.69, 9.17) is 0 Å². The van der Waals surface area contributed by atoms with E-state index < -0.39 is 0 Å². The topological polar surface area (TPSA) is 3.24 Å². The van der Waals surface area contributed by atoms with Crippen molar-refractivity contribution >= 4 is 80.9 Å². The largest absolute Gasteiger partial charge is 0.311 e. The summed E-state index contributed by atoms with van der Waals surface area (Å²) < 4.78 is 2.64. The summed E-state index contributed by atoms with van der Waals surface area (Å²) in [5.74, 6) is 0. The molecule has 0 aliphatic rings. The van der Waals surface area contributed by atoms with Crippen molar-refractivity contribution in [1.29, 1.82) is 0 Å². The molecule has 11 rings (SSSR count). The van der Waals surface area contributed by atoms with E-state index in [1.165, 1.54) is 85.9 Å². The van der Waals surface area contributed by atoms with Gasteiger partial charge in [-0.2, -0.15) is 0 Å². The normalized spacial score (nSPS) is 11.6. The smallest absolute Gasteiger partial charge is 0.0462 e. The van der Waals surface area contributed by atoms with Gasteiger partial charge in [0.05, 0.1) is 0 Å². The molecule has 0 spiro atoms. The maximum Gasteiger partial charge on any atom is 0.0462 e. The van der Waals surface area contributed by atoms with E-state index in [0.717, 1.165) is 17.1 Å². The number of rotatable bonds is 6. The molecule has 0 atom stereocenters. The summed E-state index contributed by atoms with van der Waals surface area (Å²) in [4.78, 5) is 2.37. The van der Waals surface area contributed by atoms with Gasteiger partial charge in [-0.1, -0.05) is 158 Å². The fraction of sp³-hybridized carbons (Fsp3) is 0. The van der Waals surface area contributed by atoms with Gasteiger partial charge < -0.3 is 4.90 Å². The number of benzene rings is 10. The lowest BCUT2D eigenvalue weighted by atomic mass is 9.90. The van der Waals surface area contributed by atoms with Gasteiger partial charge in [0.15, 0.2) is 0 Å². The van der Waals surface area contributed by atoms with Crippen LogP contribution >= 0.6 is 11.3 Å². The maximum atomic E-state index is 2.37. The van der Waals surface area contributed by atoms with Crippen molar-refractivity contribution in [1.82, 2.24) is 0 Å². The first-order valence-electron chi connectivity index (χ1n) is 19.2. The zero-order chi connectivity index (χ0) is 37.0. The van der Waals surface area contributed by atoms with Gasteiger partial charge in [0.1, 0.15) is 0 Å². The van der Waals surface area contributed by atoms with Crippen molar-refractivity contribution in [2.45, 2.75) is 0 Å². The van der Waals surface area contributed by atoms with E-state index in [9.17, 15) is 0 Å². The van der Waals surface area contributed by atoms with E-state index in [0.29, 0.717) is 0 Å². The van der Waals surface area contributed by atoms with E-state index >= 15 is 0 Å². The summed E-state index contributed by atoms with van der Waals surface area (Å²) in [7, 11) is 0. The Balaban J connectivity index is 1.02. The summed E-state index contributed by atoms with van der Waals surface area (Å²) in [5, 5.41) is 10.3. The third kappa shape index (κ3) is 5.46. The highest BCUT2D eigenvalue weighted by atomic mass is 32.1. The van der Waals surface area contributed by atoms with Gasteiger partial charge in [0, 0.05) is 37.2 Å². The molecule has 0 N–H and O–H groups in total. The quantitative estimate of drug-likeness (QED) is 0.154. The third-order valence-electron chi connectivity index (χ3n) is 11.3. The van der Waals surface area contributed by atoms with Crippen LogP contribution in [0.4, 0.5) is 17.1 Å². The third-order valence-corrected chi connectivity index (χ3v) is 12.4. The van der Waals surface area contributed by atoms with Crippen LogP contribution in [0.3, 0.4) is 0 Å². The molecular formula is C54H35NS. The van der Waals surface area contributed by atoms with Gasteiger partial charge in [-0.3, -0.25) is 0 Å². The second-order valence-corrected chi connectivity index (χ2v) is 15.6. The number of thiophene rings is 1. The number of nitrogens with zero attached hydrogens (tertiary/aromatic N) is 1. The van der Waals surface area contributed by atoms with Crippen LogP contribution in [0.2, 0.25) is 0 Å². The zero-order valence-electron chi connectivity index (χ0n) is 30.6. The lowest BCUT2D eigenvalue weighted by molar-refractivity contribution is 1.28. The summed E-state index contributed by atoms with van der Waals surface area (Å²) >= 11 is 1.86. The molecule has 1 aromatic heterocycles. The number of fused-ring (bicyclic) bond motifs is 8. The van der Waals surface area contributed by atoms with Crippen LogP contribution in [0, 0.1) is 0 Å². The molecule has 0 unspecified atom stereocenters. The highest BCUT2D eigenvalue weighted by molar-refractivity contribution is 7.25. The van der Waals surface area contributed by atoms with Crippen molar-refractivity contribution in [2.24, 2.45) is 0 Å². The van der Waals surface area contributed by atoms with Crippen molar-refractivity contribution in [3.63, 3.8) is 0 Å². The second-order valence-electron chi connectivity index (χ2n) is 14.5. The molecule has 10 aromatic carbocycles. The van der Waals surface area contributed by atoms with Crippen molar-refractivity contribution in [3.8, 4) is 33.4 Å². The van der Waals surface area contributed by atoms with Gasteiger partial charge in [-0.15, -0.1) is 11.3 Å². The van der Waals surface area contributed by atoms with Crippen LogP contribution in [0.25, 0.3) is 85.9 Å². The summed E-state index contributed by atoms with van der Waals surface area (Å²) in [6.07, 6.45) is 0.